The number of carboxylic acid groups (broad SMARTS) is 1. The zero-order valence-corrected chi connectivity index (χ0v) is 19.6. The van der Waals surface area contributed by atoms with Crippen LogP contribution >= 0.6 is 0 Å². The molecule has 4 nitrogen and oxygen atoms in total. The van der Waals surface area contributed by atoms with E-state index in [0.29, 0.717) is 35.1 Å². The number of rotatable bonds is 5. The third-order valence-corrected chi connectivity index (χ3v) is 5.79. The van der Waals surface area contributed by atoms with Crippen molar-refractivity contribution in [3.63, 3.8) is 0 Å². The molecule has 1 aliphatic carbocycles. The monoisotopic (exact) mass is 461 g/mol. The fraction of sp³-hybridized carbons (Fsp3) is 0.462. The predicted octanol–water partition coefficient (Wildman–Crippen LogP) is 7.30. The molecule has 0 saturated heterocycles. The molecule has 1 atom stereocenters. The van der Waals surface area contributed by atoms with Crippen LogP contribution in [0.1, 0.15) is 76.7 Å². The molecule has 0 amide bonds. The first-order chi connectivity index (χ1) is 15.2. The lowest BCUT2D eigenvalue weighted by atomic mass is 9.74. The highest BCUT2D eigenvalue weighted by molar-refractivity contribution is 5.88. The van der Waals surface area contributed by atoms with Gasteiger partial charge in [0, 0.05) is 18.0 Å². The van der Waals surface area contributed by atoms with Gasteiger partial charge in [-0.25, -0.2) is 4.79 Å². The van der Waals surface area contributed by atoms with E-state index in [-0.39, 0.29) is 11.0 Å². The van der Waals surface area contributed by atoms with Crippen molar-refractivity contribution < 1.29 is 27.8 Å². The van der Waals surface area contributed by atoms with Crippen molar-refractivity contribution in [1.82, 2.24) is 4.98 Å². The van der Waals surface area contributed by atoms with E-state index >= 15 is 0 Å². The molecule has 1 unspecified atom stereocenters. The van der Waals surface area contributed by atoms with E-state index in [1.54, 1.807) is 45.3 Å². The molecule has 2 aromatic rings. The standard InChI is InChI=1S/C26H30F3NO3/c1-24(2,3)33-22(23(31)32)21-19(26(27,28)29)7-6-18(16-10-14-30-15-11-16)20(21)17-8-12-25(4,5)13-9-17/h6-8,10-11,14-15,22H,9,12-13H2,1-5H3,(H,31,32). The highest BCUT2D eigenvalue weighted by atomic mass is 19.4. The molecule has 1 N–H and O–H groups in total. The summed E-state index contributed by atoms with van der Waals surface area (Å²) in [5.41, 5.74) is -0.0672. The number of carbonyl (C=O) groups is 1. The molecule has 0 saturated carbocycles. The van der Waals surface area contributed by atoms with Gasteiger partial charge in [-0.3, -0.25) is 4.98 Å². The van der Waals surface area contributed by atoms with E-state index in [2.05, 4.69) is 18.8 Å². The van der Waals surface area contributed by atoms with Gasteiger partial charge in [0.1, 0.15) is 0 Å². The van der Waals surface area contributed by atoms with E-state index in [9.17, 15) is 23.1 Å². The molecule has 0 fully saturated rings. The number of carboxylic acids is 1. The first-order valence-corrected chi connectivity index (χ1v) is 10.9. The van der Waals surface area contributed by atoms with Crippen molar-refractivity contribution in [2.75, 3.05) is 0 Å². The number of ether oxygens (including phenoxy) is 1. The summed E-state index contributed by atoms with van der Waals surface area (Å²) >= 11 is 0. The predicted molar refractivity (Wildman–Crippen MR) is 121 cm³/mol. The molecule has 1 heterocycles. The Morgan fingerprint density at radius 1 is 1.12 bits per heavy atom. The van der Waals surface area contributed by atoms with Crippen LogP contribution in [0.25, 0.3) is 16.7 Å². The molecule has 33 heavy (non-hydrogen) atoms. The van der Waals surface area contributed by atoms with E-state index in [1.165, 1.54) is 6.07 Å². The van der Waals surface area contributed by atoms with Gasteiger partial charge in [-0.2, -0.15) is 13.2 Å². The summed E-state index contributed by atoms with van der Waals surface area (Å²) in [6.07, 6.45) is 0.557. The Balaban J connectivity index is 2.41. The molecular weight excluding hydrogens is 431 g/mol. The van der Waals surface area contributed by atoms with Crippen molar-refractivity contribution in [3.05, 3.63) is 59.4 Å². The van der Waals surface area contributed by atoms with Gasteiger partial charge < -0.3 is 9.84 Å². The maximum Gasteiger partial charge on any atom is 0.416 e. The largest absolute Gasteiger partial charge is 0.479 e. The molecule has 0 radical (unpaired) electrons. The van der Waals surface area contributed by atoms with Gasteiger partial charge in [-0.15, -0.1) is 0 Å². The molecular formula is C26H30F3NO3. The number of allylic oxidation sites excluding steroid dienone is 2. The van der Waals surface area contributed by atoms with Crippen LogP contribution in [0.3, 0.4) is 0 Å². The first kappa shape index (κ1) is 25.0. The third kappa shape index (κ3) is 5.82. The van der Waals surface area contributed by atoms with Gasteiger partial charge in [-0.1, -0.05) is 26.0 Å². The van der Waals surface area contributed by atoms with Gasteiger partial charge in [0.2, 0.25) is 0 Å². The van der Waals surface area contributed by atoms with Gasteiger partial charge in [0.25, 0.3) is 0 Å². The van der Waals surface area contributed by atoms with Crippen LogP contribution in [0.5, 0.6) is 0 Å². The number of aromatic nitrogens is 1. The molecule has 178 valence electrons. The molecule has 0 aliphatic heterocycles. The number of pyridine rings is 1. The Hall–Kier alpha value is -2.67. The lowest BCUT2D eigenvalue weighted by molar-refractivity contribution is -0.163. The highest BCUT2D eigenvalue weighted by Crippen LogP contribution is 2.48. The number of nitrogens with zero attached hydrogens (tertiary/aromatic N) is 1. The SMILES string of the molecule is CC1(C)CC=C(c2c(-c3ccncc3)ccc(C(F)(F)F)c2C(OC(C)(C)C)C(=O)O)CC1. The summed E-state index contributed by atoms with van der Waals surface area (Å²) in [5, 5.41) is 10.0. The van der Waals surface area contributed by atoms with Crippen LogP contribution < -0.4 is 0 Å². The van der Waals surface area contributed by atoms with Crippen molar-refractivity contribution in [2.45, 2.75) is 71.8 Å². The Morgan fingerprint density at radius 2 is 1.76 bits per heavy atom. The Morgan fingerprint density at radius 3 is 2.24 bits per heavy atom. The summed E-state index contributed by atoms with van der Waals surface area (Å²) in [6.45, 7) is 9.11. The van der Waals surface area contributed by atoms with Gasteiger partial charge in [0.05, 0.1) is 11.2 Å². The van der Waals surface area contributed by atoms with Crippen molar-refractivity contribution >= 4 is 11.5 Å². The zero-order chi connectivity index (χ0) is 24.6. The second kappa shape index (κ2) is 8.93. The van der Waals surface area contributed by atoms with E-state index in [0.717, 1.165) is 12.5 Å². The fourth-order valence-corrected chi connectivity index (χ4v) is 4.15. The minimum atomic E-state index is -4.75. The van der Waals surface area contributed by atoms with Gasteiger partial charge >= 0.3 is 12.1 Å². The Labute approximate surface area is 192 Å². The molecule has 1 aromatic heterocycles. The maximum atomic E-state index is 14.2. The lowest BCUT2D eigenvalue weighted by Gasteiger charge is -2.33. The van der Waals surface area contributed by atoms with Crippen LogP contribution in [0, 0.1) is 5.41 Å². The van der Waals surface area contributed by atoms with E-state index in [1.807, 2.05) is 6.08 Å². The van der Waals surface area contributed by atoms with Crippen LogP contribution in [0.4, 0.5) is 13.2 Å². The van der Waals surface area contributed by atoms with E-state index < -0.39 is 29.4 Å². The van der Waals surface area contributed by atoms with Crippen LogP contribution in [0.15, 0.2) is 42.7 Å². The minimum Gasteiger partial charge on any atom is -0.479 e. The maximum absolute atomic E-state index is 14.2. The second-order valence-electron chi connectivity index (χ2n) is 10.2. The normalized spacial score (nSPS) is 17.4. The summed E-state index contributed by atoms with van der Waals surface area (Å²) in [4.78, 5) is 16.3. The third-order valence-electron chi connectivity index (χ3n) is 5.79. The number of halogens is 3. The molecule has 3 rings (SSSR count). The molecule has 0 bridgehead atoms. The number of aliphatic carboxylic acids is 1. The quantitative estimate of drug-likeness (QED) is 0.507. The van der Waals surface area contributed by atoms with Crippen molar-refractivity contribution in [1.29, 1.82) is 0 Å². The molecule has 1 aliphatic rings. The molecule has 7 heteroatoms. The van der Waals surface area contributed by atoms with Gasteiger partial charge in [-0.05, 0) is 85.9 Å². The number of hydrogen-bond acceptors (Lipinski definition) is 3. The molecule has 1 aromatic carbocycles. The Kier molecular flexibility index (Phi) is 6.76. The lowest BCUT2D eigenvalue weighted by Crippen LogP contribution is -2.30. The van der Waals surface area contributed by atoms with Crippen LogP contribution in [0.2, 0.25) is 0 Å². The average Bonchev–Trinajstić information content (AvgIpc) is 2.70. The second-order valence-corrected chi connectivity index (χ2v) is 10.2. The highest BCUT2D eigenvalue weighted by Gasteiger charge is 2.42. The fourth-order valence-electron chi connectivity index (χ4n) is 4.15. The van der Waals surface area contributed by atoms with Crippen LogP contribution in [-0.4, -0.2) is 21.7 Å². The van der Waals surface area contributed by atoms with E-state index in [4.69, 9.17) is 4.74 Å². The topological polar surface area (TPSA) is 59.4 Å². The number of benzene rings is 1. The summed E-state index contributed by atoms with van der Waals surface area (Å²) < 4.78 is 48.4. The van der Waals surface area contributed by atoms with Crippen molar-refractivity contribution in [2.24, 2.45) is 5.41 Å². The smallest absolute Gasteiger partial charge is 0.416 e. The molecule has 0 spiro atoms. The first-order valence-electron chi connectivity index (χ1n) is 10.9. The summed E-state index contributed by atoms with van der Waals surface area (Å²) in [6, 6.07) is 5.81. The minimum absolute atomic E-state index is 0.0240. The zero-order valence-electron chi connectivity index (χ0n) is 19.6. The van der Waals surface area contributed by atoms with Crippen LogP contribution in [-0.2, 0) is 15.7 Å². The van der Waals surface area contributed by atoms with Gasteiger partial charge in [0.15, 0.2) is 6.10 Å². The summed E-state index contributed by atoms with van der Waals surface area (Å²) in [7, 11) is 0. The Bertz CT molecular complexity index is 1050. The van der Waals surface area contributed by atoms with Crippen molar-refractivity contribution in [3.8, 4) is 11.1 Å². The number of alkyl halides is 3. The number of hydrogen-bond donors (Lipinski definition) is 1. The summed E-state index contributed by atoms with van der Waals surface area (Å²) in [5.74, 6) is -1.46. The average molecular weight is 462 g/mol.